The number of nitrogens with zero attached hydrogens (tertiary/aromatic N) is 4. The summed E-state index contributed by atoms with van der Waals surface area (Å²) in [6.07, 6.45) is 3.38. The van der Waals surface area contributed by atoms with Gasteiger partial charge in [-0.25, -0.2) is 0 Å². The van der Waals surface area contributed by atoms with Gasteiger partial charge in [-0.3, -0.25) is 4.79 Å². The van der Waals surface area contributed by atoms with Gasteiger partial charge in [-0.2, -0.15) is 4.52 Å². The van der Waals surface area contributed by atoms with Crippen molar-refractivity contribution in [1.29, 1.82) is 0 Å². The Morgan fingerprint density at radius 2 is 2.29 bits per heavy atom. The molecule has 2 atom stereocenters. The van der Waals surface area contributed by atoms with Crippen LogP contribution in [0.25, 0.3) is 5.65 Å². The van der Waals surface area contributed by atoms with Gasteiger partial charge in [0, 0.05) is 12.5 Å². The maximum absolute atomic E-state index is 11.5. The van der Waals surface area contributed by atoms with E-state index >= 15 is 0 Å². The van der Waals surface area contributed by atoms with Gasteiger partial charge in [0.15, 0.2) is 11.5 Å². The van der Waals surface area contributed by atoms with Crippen molar-refractivity contribution in [3.05, 3.63) is 18.0 Å². The number of carbonyl (C=O) groups is 1. The van der Waals surface area contributed by atoms with Crippen LogP contribution < -0.4 is 5.32 Å². The molecule has 0 aromatic carbocycles. The number of hydrogen-bond donors (Lipinski definition) is 1. The summed E-state index contributed by atoms with van der Waals surface area (Å²) in [6, 6.07) is 4.05. The number of rotatable bonds is 4. The van der Waals surface area contributed by atoms with Crippen LogP contribution in [-0.2, 0) is 16.0 Å². The lowest BCUT2D eigenvalue weighted by molar-refractivity contribution is -0.145. The predicted molar refractivity (Wildman–Crippen MR) is 76.9 cm³/mol. The van der Waals surface area contributed by atoms with Crippen molar-refractivity contribution in [2.75, 3.05) is 12.4 Å². The second-order valence-electron chi connectivity index (χ2n) is 5.33. The van der Waals surface area contributed by atoms with Gasteiger partial charge in [-0.1, -0.05) is 6.92 Å². The molecule has 0 radical (unpaired) electrons. The van der Waals surface area contributed by atoms with Gasteiger partial charge in [0.2, 0.25) is 0 Å². The molecule has 0 amide bonds. The van der Waals surface area contributed by atoms with E-state index in [1.165, 1.54) is 7.11 Å². The number of aromatic nitrogens is 4. The fraction of sp³-hybridized carbons (Fsp3) is 0.571. The number of ether oxygens (including phenoxy) is 1. The summed E-state index contributed by atoms with van der Waals surface area (Å²) in [7, 11) is 1.44. The lowest BCUT2D eigenvalue weighted by Gasteiger charge is -2.13. The van der Waals surface area contributed by atoms with E-state index in [0.717, 1.165) is 43.0 Å². The van der Waals surface area contributed by atoms with Gasteiger partial charge in [0.25, 0.3) is 0 Å². The van der Waals surface area contributed by atoms with E-state index < -0.39 is 0 Å². The highest BCUT2D eigenvalue weighted by atomic mass is 16.5. The quantitative estimate of drug-likeness (QED) is 0.858. The Morgan fingerprint density at radius 1 is 1.43 bits per heavy atom. The van der Waals surface area contributed by atoms with Gasteiger partial charge < -0.3 is 10.1 Å². The Balaban J connectivity index is 1.72. The second-order valence-corrected chi connectivity index (χ2v) is 5.33. The van der Waals surface area contributed by atoms with Crippen LogP contribution in [0.5, 0.6) is 0 Å². The molecular weight excluding hydrogens is 270 g/mol. The van der Waals surface area contributed by atoms with Crippen LogP contribution in [0.15, 0.2) is 12.1 Å². The second kappa shape index (κ2) is 5.67. The van der Waals surface area contributed by atoms with Crippen molar-refractivity contribution in [3.63, 3.8) is 0 Å². The summed E-state index contributed by atoms with van der Waals surface area (Å²) in [5.41, 5.74) is 0.747. The molecule has 7 heteroatoms. The lowest BCUT2D eigenvalue weighted by atomic mass is 10.1. The first kappa shape index (κ1) is 13.8. The summed E-state index contributed by atoms with van der Waals surface area (Å²) in [4.78, 5) is 11.5. The average Bonchev–Trinajstić information content (AvgIpc) is 3.12. The molecule has 1 N–H and O–H groups in total. The average molecular weight is 289 g/mol. The van der Waals surface area contributed by atoms with Crippen LogP contribution in [0.4, 0.5) is 5.82 Å². The molecule has 1 aliphatic carbocycles. The van der Waals surface area contributed by atoms with E-state index in [1.807, 2.05) is 19.1 Å². The largest absolute Gasteiger partial charge is 0.469 e. The van der Waals surface area contributed by atoms with Crippen molar-refractivity contribution < 1.29 is 9.53 Å². The highest BCUT2D eigenvalue weighted by Crippen LogP contribution is 2.28. The van der Waals surface area contributed by atoms with E-state index in [4.69, 9.17) is 4.74 Å². The molecule has 0 unspecified atom stereocenters. The minimum absolute atomic E-state index is 0.00246. The van der Waals surface area contributed by atoms with Crippen LogP contribution in [0.3, 0.4) is 0 Å². The van der Waals surface area contributed by atoms with Gasteiger partial charge in [-0.15, -0.1) is 15.3 Å². The fourth-order valence-corrected chi connectivity index (χ4v) is 2.83. The minimum atomic E-state index is -0.116. The maximum atomic E-state index is 11.5. The molecule has 2 aromatic heterocycles. The first-order chi connectivity index (χ1) is 10.2. The molecule has 7 nitrogen and oxygen atoms in total. The molecule has 2 aromatic rings. The number of esters is 1. The van der Waals surface area contributed by atoms with Crippen molar-refractivity contribution in [2.45, 2.75) is 38.6 Å². The predicted octanol–water partition coefficient (Wildman–Crippen LogP) is 1.44. The molecule has 1 fully saturated rings. The molecule has 1 aliphatic rings. The summed E-state index contributed by atoms with van der Waals surface area (Å²) < 4.78 is 6.57. The minimum Gasteiger partial charge on any atom is -0.469 e. The molecule has 0 saturated heterocycles. The SMILES string of the molecule is CCc1nnc2ccc(N[C@@H]3CC[C@H](C(=O)OC)C3)nn12. The van der Waals surface area contributed by atoms with Crippen molar-refractivity contribution >= 4 is 17.4 Å². The molecule has 0 aliphatic heterocycles. The number of carbonyl (C=O) groups excluding carboxylic acids is 1. The van der Waals surface area contributed by atoms with E-state index in [1.54, 1.807) is 4.52 Å². The number of hydrogen-bond acceptors (Lipinski definition) is 6. The van der Waals surface area contributed by atoms with Crippen LogP contribution in [0.2, 0.25) is 0 Å². The number of fused-ring (bicyclic) bond motifs is 1. The van der Waals surface area contributed by atoms with E-state index in [0.29, 0.717) is 0 Å². The van der Waals surface area contributed by atoms with E-state index in [-0.39, 0.29) is 17.9 Å². The standard InChI is InChI=1S/C14H19N5O2/c1-3-12-16-17-13-7-6-11(18-19(12)13)15-10-5-4-9(8-10)14(20)21-2/h6-7,9-10H,3-5,8H2,1-2H3,(H,15,18)/t9-,10+/m0/s1. The third-order valence-electron chi connectivity index (χ3n) is 3.96. The zero-order valence-corrected chi connectivity index (χ0v) is 12.2. The molecule has 3 rings (SSSR count). The monoisotopic (exact) mass is 289 g/mol. The molecular formula is C14H19N5O2. The van der Waals surface area contributed by atoms with Crippen LogP contribution in [0, 0.1) is 5.92 Å². The molecule has 0 spiro atoms. The van der Waals surface area contributed by atoms with Gasteiger partial charge >= 0.3 is 5.97 Å². The Hall–Kier alpha value is -2.18. The summed E-state index contributed by atoms with van der Waals surface area (Å²) in [5, 5.41) is 16.1. The highest BCUT2D eigenvalue weighted by Gasteiger charge is 2.30. The molecule has 21 heavy (non-hydrogen) atoms. The zero-order valence-electron chi connectivity index (χ0n) is 12.2. The van der Waals surface area contributed by atoms with Gasteiger partial charge in [0.05, 0.1) is 13.0 Å². The Labute approximate surface area is 122 Å². The molecule has 2 heterocycles. The van der Waals surface area contributed by atoms with Crippen LogP contribution in [0.1, 0.15) is 32.0 Å². The summed E-state index contributed by atoms with van der Waals surface area (Å²) in [5.74, 6) is 1.51. The molecule has 112 valence electrons. The number of methoxy groups -OCH3 is 1. The fourth-order valence-electron chi connectivity index (χ4n) is 2.83. The smallest absolute Gasteiger partial charge is 0.308 e. The van der Waals surface area contributed by atoms with E-state index in [9.17, 15) is 4.79 Å². The summed E-state index contributed by atoms with van der Waals surface area (Å²) in [6.45, 7) is 2.02. The van der Waals surface area contributed by atoms with Crippen molar-refractivity contribution in [3.8, 4) is 0 Å². The highest BCUT2D eigenvalue weighted by molar-refractivity contribution is 5.72. The lowest BCUT2D eigenvalue weighted by Crippen LogP contribution is -2.20. The Kier molecular flexibility index (Phi) is 3.72. The van der Waals surface area contributed by atoms with Crippen LogP contribution >= 0.6 is 0 Å². The molecule has 0 bridgehead atoms. The maximum Gasteiger partial charge on any atom is 0.308 e. The van der Waals surface area contributed by atoms with Gasteiger partial charge in [-0.05, 0) is 31.4 Å². The number of nitrogens with one attached hydrogen (secondary N) is 1. The third kappa shape index (κ3) is 2.68. The van der Waals surface area contributed by atoms with E-state index in [2.05, 4.69) is 20.6 Å². The van der Waals surface area contributed by atoms with Gasteiger partial charge in [0.1, 0.15) is 5.82 Å². The first-order valence-corrected chi connectivity index (χ1v) is 7.27. The topological polar surface area (TPSA) is 81.4 Å². The number of aryl methyl sites for hydroxylation is 1. The van der Waals surface area contributed by atoms with Crippen molar-refractivity contribution in [2.24, 2.45) is 5.92 Å². The van der Waals surface area contributed by atoms with Crippen LogP contribution in [-0.4, -0.2) is 38.9 Å². The molecule has 1 saturated carbocycles. The normalized spacial score (nSPS) is 21.6. The summed E-state index contributed by atoms with van der Waals surface area (Å²) >= 11 is 0. The zero-order chi connectivity index (χ0) is 14.8. The first-order valence-electron chi connectivity index (χ1n) is 7.27. The Morgan fingerprint density at radius 3 is 3.05 bits per heavy atom. The van der Waals surface area contributed by atoms with Crippen molar-refractivity contribution in [1.82, 2.24) is 19.8 Å². The Bertz CT molecular complexity index is 654. The number of anilines is 1. The third-order valence-corrected chi connectivity index (χ3v) is 3.96.